The lowest BCUT2D eigenvalue weighted by molar-refractivity contribution is -0.117. The van der Waals surface area contributed by atoms with Crippen LogP contribution in [0.1, 0.15) is 31.2 Å². The van der Waals surface area contributed by atoms with E-state index in [1.165, 1.54) is 19.0 Å². The van der Waals surface area contributed by atoms with Gasteiger partial charge in [0.15, 0.2) is 0 Å². The van der Waals surface area contributed by atoms with Crippen LogP contribution in [0.4, 0.5) is 11.4 Å². The second-order valence-corrected chi connectivity index (χ2v) is 5.78. The standard InChI is InChI=1S/C17H20N4O2/c1-12(22)19-13-6-8-14(9-7-13)20-17(23)10-21-11-18-15-4-2-3-5-16(15)21/h6-9,11H,2-5,10H2,1H3,(H,19,22)(H,20,23). The highest BCUT2D eigenvalue weighted by atomic mass is 16.2. The van der Waals surface area contributed by atoms with Gasteiger partial charge in [-0.15, -0.1) is 0 Å². The summed E-state index contributed by atoms with van der Waals surface area (Å²) in [5.41, 5.74) is 3.73. The fourth-order valence-electron chi connectivity index (χ4n) is 2.86. The van der Waals surface area contributed by atoms with Gasteiger partial charge in [-0.3, -0.25) is 9.59 Å². The predicted octanol–water partition coefficient (Wildman–Crippen LogP) is 2.36. The van der Waals surface area contributed by atoms with Crippen LogP contribution in [0.5, 0.6) is 0 Å². The molecular weight excluding hydrogens is 292 g/mol. The average Bonchev–Trinajstić information content (AvgIpc) is 2.92. The normalized spacial score (nSPS) is 13.3. The molecule has 1 aromatic heterocycles. The van der Waals surface area contributed by atoms with Crippen molar-refractivity contribution in [3.05, 3.63) is 42.0 Å². The summed E-state index contributed by atoms with van der Waals surface area (Å²) in [7, 11) is 0. The van der Waals surface area contributed by atoms with Gasteiger partial charge >= 0.3 is 0 Å². The Morgan fingerprint density at radius 2 is 1.74 bits per heavy atom. The molecule has 1 aromatic carbocycles. The van der Waals surface area contributed by atoms with Gasteiger partial charge in [0.2, 0.25) is 11.8 Å². The summed E-state index contributed by atoms with van der Waals surface area (Å²) in [6.45, 7) is 1.73. The van der Waals surface area contributed by atoms with Gasteiger partial charge in [-0.2, -0.15) is 0 Å². The maximum absolute atomic E-state index is 12.2. The third-order valence-corrected chi connectivity index (χ3v) is 3.91. The number of aromatic nitrogens is 2. The summed E-state index contributed by atoms with van der Waals surface area (Å²) in [5.74, 6) is -0.199. The first-order chi connectivity index (χ1) is 11.1. The van der Waals surface area contributed by atoms with E-state index in [0.717, 1.165) is 25.0 Å². The molecule has 1 aliphatic carbocycles. The Bertz CT molecular complexity index is 719. The summed E-state index contributed by atoms with van der Waals surface area (Å²) in [6, 6.07) is 7.06. The molecule has 3 rings (SSSR count). The van der Waals surface area contributed by atoms with Gasteiger partial charge in [-0.1, -0.05) is 0 Å². The Labute approximate surface area is 134 Å². The van der Waals surface area contributed by atoms with Crippen LogP contribution >= 0.6 is 0 Å². The second-order valence-electron chi connectivity index (χ2n) is 5.78. The fourth-order valence-corrected chi connectivity index (χ4v) is 2.86. The minimum Gasteiger partial charge on any atom is -0.326 e. The SMILES string of the molecule is CC(=O)Nc1ccc(NC(=O)Cn2cnc3c2CCCC3)cc1. The molecule has 0 saturated heterocycles. The predicted molar refractivity (Wildman–Crippen MR) is 88.2 cm³/mol. The molecule has 0 bridgehead atoms. The molecule has 0 atom stereocenters. The number of hydrogen-bond acceptors (Lipinski definition) is 3. The molecule has 0 aliphatic heterocycles. The van der Waals surface area contributed by atoms with Crippen molar-refractivity contribution in [2.45, 2.75) is 39.2 Å². The lowest BCUT2D eigenvalue weighted by atomic mass is 10.0. The highest BCUT2D eigenvalue weighted by molar-refractivity contribution is 5.92. The number of carbonyl (C=O) groups excluding carboxylic acids is 2. The van der Waals surface area contributed by atoms with E-state index in [0.29, 0.717) is 11.4 Å². The Morgan fingerprint density at radius 3 is 2.43 bits per heavy atom. The molecule has 2 amide bonds. The van der Waals surface area contributed by atoms with Crippen LogP contribution in [0.3, 0.4) is 0 Å². The van der Waals surface area contributed by atoms with Crippen LogP contribution in [-0.2, 0) is 29.0 Å². The molecule has 1 heterocycles. The van der Waals surface area contributed by atoms with Crippen LogP contribution in [0.25, 0.3) is 0 Å². The molecule has 1 aliphatic rings. The minimum absolute atomic E-state index is 0.0805. The zero-order valence-electron chi connectivity index (χ0n) is 13.1. The van der Waals surface area contributed by atoms with Crippen molar-refractivity contribution in [3.63, 3.8) is 0 Å². The lowest BCUT2D eigenvalue weighted by Gasteiger charge is -2.14. The number of carbonyl (C=O) groups is 2. The number of anilines is 2. The van der Waals surface area contributed by atoms with Crippen LogP contribution < -0.4 is 10.6 Å². The summed E-state index contributed by atoms with van der Waals surface area (Å²) < 4.78 is 1.94. The van der Waals surface area contributed by atoms with Crippen molar-refractivity contribution < 1.29 is 9.59 Å². The molecule has 0 saturated carbocycles. The first-order valence-electron chi connectivity index (χ1n) is 7.82. The number of fused-ring (bicyclic) bond motifs is 1. The second kappa shape index (κ2) is 6.64. The van der Waals surface area contributed by atoms with Gasteiger partial charge in [-0.25, -0.2) is 4.98 Å². The number of nitrogens with zero attached hydrogens (tertiary/aromatic N) is 2. The van der Waals surface area contributed by atoms with Crippen molar-refractivity contribution in [2.24, 2.45) is 0 Å². The number of rotatable bonds is 4. The number of aryl methyl sites for hydroxylation is 1. The van der Waals surface area contributed by atoms with Gasteiger partial charge in [0.25, 0.3) is 0 Å². The molecule has 120 valence electrons. The van der Waals surface area contributed by atoms with E-state index in [4.69, 9.17) is 0 Å². The average molecular weight is 312 g/mol. The monoisotopic (exact) mass is 312 g/mol. The smallest absolute Gasteiger partial charge is 0.244 e. The number of benzene rings is 1. The fraction of sp³-hybridized carbons (Fsp3) is 0.353. The zero-order valence-corrected chi connectivity index (χ0v) is 13.1. The van der Waals surface area contributed by atoms with Crippen LogP contribution in [0, 0.1) is 0 Å². The van der Waals surface area contributed by atoms with E-state index in [2.05, 4.69) is 15.6 Å². The molecule has 0 radical (unpaired) electrons. The van der Waals surface area contributed by atoms with E-state index in [1.54, 1.807) is 30.6 Å². The van der Waals surface area contributed by atoms with Crippen LogP contribution in [0.15, 0.2) is 30.6 Å². The summed E-state index contributed by atoms with van der Waals surface area (Å²) in [6.07, 6.45) is 6.10. The van der Waals surface area contributed by atoms with Crippen molar-refractivity contribution in [1.29, 1.82) is 0 Å². The molecule has 2 aromatic rings. The van der Waals surface area contributed by atoms with Crippen molar-refractivity contribution in [2.75, 3.05) is 10.6 Å². The number of nitrogens with one attached hydrogen (secondary N) is 2. The van der Waals surface area contributed by atoms with Gasteiger partial charge < -0.3 is 15.2 Å². The number of imidazole rings is 1. The van der Waals surface area contributed by atoms with E-state index in [9.17, 15) is 9.59 Å². The van der Waals surface area contributed by atoms with E-state index in [1.807, 2.05) is 4.57 Å². The third kappa shape index (κ3) is 3.77. The molecule has 0 fully saturated rings. The quantitative estimate of drug-likeness (QED) is 0.910. The maximum Gasteiger partial charge on any atom is 0.244 e. The lowest BCUT2D eigenvalue weighted by Crippen LogP contribution is -2.20. The Balaban J connectivity index is 1.61. The van der Waals surface area contributed by atoms with Crippen molar-refractivity contribution in [3.8, 4) is 0 Å². The molecule has 23 heavy (non-hydrogen) atoms. The van der Waals surface area contributed by atoms with Crippen molar-refractivity contribution >= 4 is 23.2 Å². The minimum atomic E-state index is -0.119. The van der Waals surface area contributed by atoms with Crippen LogP contribution in [-0.4, -0.2) is 21.4 Å². The van der Waals surface area contributed by atoms with Crippen molar-refractivity contribution in [1.82, 2.24) is 9.55 Å². The van der Waals surface area contributed by atoms with Crippen LogP contribution in [0.2, 0.25) is 0 Å². The van der Waals surface area contributed by atoms with Gasteiger partial charge in [0.05, 0.1) is 12.0 Å². The molecule has 0 spiro atoms. The largest absolute Gasteiger partial charge is 0.326 e. The van der Waals surface area contributed by atoms with E-state index >= 15 is 0 Å². The Hall–Kier alpha value is -2.63. The highest BCUT2D eigenvalue weighted by Gasteiger charge is 2.16. The van der Waals surface area contributed by atoms with Gasteiger partial charge in [0, 0.05) is 24.0 Å². The zero-order chi connectivity index (χ0) is 16.2. The summed E-state index contributed by atoms with van der Waals surface area (Å²) >= 11 is 0. The molecule has 6 nitrogen and oxygen atoms in total. The Kier molecular flexibility index (Phi) is 4.41. The number of amides is 2. The van der Waals surface area contributed by atoms with E-state index in [-0.39, 0.29) is 18.4 Å². The molecular formula is C17H20N4O2. The van der Waals surface area contributed by atoms with Gasteiger partial charge in [0.1, 0.15) is 6.54 Å². The molecule has 0 unspecified atom stereocenters. The van der Waals surface area contributed by atoms with Gasteiger partial charge in [-0.05, 0) is 49.9 Å². The topological polar surface area (TPSA) is 76.0 Å². The third-order valence-electron chi connectivity index (χ3n) is 3.91. The van der Waals surface area contributed by atoms with E-state index < -0.39 is 0 Å². The Morgan fingerprint density at radius 1 is 1.09 bits per heavy atom. The first-order valence-corrected chi connectivity index (χ1v) is 7.82. The molecule has 2 N–H and O–H groups in total. The highest BCUT2D eigenvalue weighted by Crippen LogP contribution is 2.20. The summed E-state index contributed by atoms with van der Waals surface area (Å²) in [5, 5.41) is 5.56. The molecule has 6 heteroatoms. The number of hydrogen-bond donors (Lipinski definition) is 2. The maximum atomic E-state index is 12.2. The summed E-state index contributed by atoms with van der Waals surface area (Å²) in [4.78, 5) is 27.6. The first kappa shape index (κ1) is 15.3.